The van der Waals surface area contributed by atoms with Crippen molar-refractivity contribution in [1.29, 1.82) is 0 Å². The van der Waals surface area contributed by atoms with E-state index in [0.29, 0.717) is 47.0 Å². The Morgan fingerprint density at radius 1 is 0.618 bits per heavy atom. The van der Waals surface area contributed by atoms with Gasteiger partial charge in [-0.15, -0.1) is 0 Å². The first-order valence-electron chi connectivity index (χ1n) is 11.6. The van der Waals surface area contributed by atoms with Crippen LogP contribution in [-0.2, 0) is 4.74 Å². The largest absolute Gasteiger partial charge is 0.493 e. The molecule has 1 saturated carbocycles. The van der Waals surface area contributed by atoms with Gasteiger partial charge in [-0.2, -0.15) is 0 Å². The van der Waals surface area contributed by atoms with Gasteiger partial charge >= 0.3 is 0 Å². The highest BCUT2D eigenvalue weighted by molar-refractivity contribution is 5.56. The van der Waals surface area contributed by atoms with Crippen LogP contribution in [0.1, 0.15) is 49.7 Å². The quantitative estimate of drug-likeness (QED) is 0.430. The van der Waals surface area contributed by atoms with E-state index < -0.39 is 0 Å². The van der Waals surface area contributed by atoms with Gasteiger partial charge in [0, 0.05) is 18.4 Å². The minimum Gasteiger partial charge on any atom is -0.493 e. The number of ether oxygens (including phenoxy) is 7. The van der Waals surface area contributed by atoms with E-state index in [2.05, 4.69) is 13.8 Å². The summed E-state index contributed by atoms with van der Waals surface area (Å²) < 4.78 is 40.1. The highest BCUT2D eigenvalue weighted by Crippen LogP contribution is 2.51. The van der Waals surface area contributed by atoms with Crippen LogP contribution in [0.4, 0.5) is 0 Å². The van der Waals surface area contributed by atoms with E-state index in [9.17, 15) is 0 Å². The maximum Gasteiger partial charge on any atom is 0.203 e. The van der Waals surface area contributed by atoms with Gasteiger partial charge in [0.25, 0.3) is 0 Å². The average Bonchev–Trinajstić information content (AvgIpc) is 3.29. The first kappa shape index (κ1) is 25.8. The Morgan fingerprint density at radius 3 is 1.24 bits per heavy atom. The second-order valence-corrected chi connectivity index (χ2v) is 8.90. The molecule has 2 aromatic rings. The van der Waals surface area contributed by atoms with E-state index in [1.807, 2.05) is 24.3 Å². The van der Waals surface area contributed by atoms with Crippen molar-refractivity contribution in [1.82, 2.24) is 0 Å². The molecule has 0 heterocycles. The van der Waals surface area contributed by atoms with Crippen molar-refractivity contribution >= 4 is 0 Å². The summed E-state index contributed by atoms with van der Waals surface area (Å²) >= 11 is 0. The van der Waals surface area contributed by atoms with Crippen molar-refractivity contribution in [3.63, 3.8) is 0 Å². The van der Waals surface area contributed by atoms with E-state index in [0.717, 1.165) is 24.0 Å². The van der Waals surface area contributed by atoms with Crippen LogP contribution in [0.3, 0.4) is 0 Å². The lowest BCUT2D eigenvalue weighted by molar-refractivity contribution is 0.0195. The fourth-order valence-corrected chi connectivity index (χ4v) is 4.85. The monoisotopic (exact) mass is 474 g/mol. The van der Waals surface area contributed by atoms with Crippen molar-refractivity contribution in [2.45, 2.75) is 44.6 Å². The van der Waals surface area contributed by atoms with Crippen molar-refractivity contribution in [2.75, 3.05) is 49.3 Å². The Labute approximate surface area is 203 Å². The van der Waals surface area contributed by atoms with Gasteiger partial charge in [-0.25, -0.2) is 0 Å². The van der Waals surface area contributed by atoms with Crippen LogP contribution in [0.2, 0.25) is 0 Å². The molecule has 1 aliphatic rings. The Bertz CT molecular complexity index is 834. The molecule has 2 aromatic carbocycles. The summed E-state index contributed by atoms with van der Waals surface area (Å²) in [6, 6.07) is 8.15. The molecule has 34 heavy (non-hydrogen) atoms. The van der Waals surface area contributed by atoms with E-state index in [1.54, 1.807) is 42.7 Å². The molecule has 188 valence electrons. The third-order valence-electron chi connectivity index (χ3n) is 6.43. The molecular formula is C27H38O7. The third-order valence-corrected chi connectivity index (χ3v) is 6.43. The van der Waals surface area contributed by atoms with Gasteiger partial charge in [-0.1, -0.05) is 13.8 Å². The first-order valence-corrected chi connectivity index (χ1v) is 11.6. The predicted octanol–water partition coefficient (Wildman–Crippen LogP) is 5.44. The summed E-state index contributed by atoms with van der Waals surface area (Å²) in [4.78, 5) is 0. The van der Waals surface area contributed by atoms with Gasteiger partial charge < -0.3 is 33.2 Å². The molecule has 7 nitrogen and oxygen atoms in total. The zero-order valence-electron chi connectivity index (χ0n) is 21.6. The smallest absolute Gasteiger partial charge is 0.203 e. The molecule has 0 spiro atoms. The number of methoxy groups -OCH3 is 6. The van der Waals surface area contributed by atoms with Gasteiger partial charge in [0.1, 0.15) is 0 Å². The second kappa shape index (κ2) is 11.6. The van der Waals surface area contributed by atoms with E-state index in [-0.39, 0.29) is 17.9 Å². The predicted molar refractivity (Wildman–Crippen MR) is 131 cm³/mol. The molecule has 1 unspecified atom stereocenters. The van der Waals surface area contributed by atoms with Crippen LogP contribution in [-0.4, -0.2) is 55.4 Å². The normalized spacial score (nSPS) is 19.7. The lowest BCUT2D eigenvalue weighted by Gasteiger charge is -2.28. The summed E-state index contributed by atoms with van der Waals surface area (Å²) in [6.45, 7) is 5.00. The minimum absolute atomic E-state index is 0.0342. The number of benzene rings is 2. The van der Waals surface area contributed by atoms with E-state index in [4.69, 9.17) is 33.2 Å². The molecule has 3 rings (SSSR count). The van der Waals surface area contributed by atoms with Crippen LogP contribution < -0.4 is 28.4 Å². The SMILES string of the molecule is COc1cc([C@H]2CC[C@@H](c3cc(OC)c(OC)c(OC)c3)C2OCC(C)C)cc(OC)c1OC. The van der Waals surface area contributed by atoms with Crippen LogP contribution in [0.15, 0.2) is 24.3 Å². The molecule has 1 fully saturated rings. The van der Waals surface area contributed by atoms with Crippen LogP contribution in [0.25, 0.3) is 0 Å². The summed E-state index contributed by atoms with van der Waals surface area (Å²) in [6.07, 6.45) is 1.89. The average molecular weight is 475 g/mol. The van der Waals surface area contributed by atoms with Gasteiger partial charge in [0.05, 0.1) is 48.8 Å². The van der Waals surface area contributed by atoms with E-state index >= 15 is 0 Å². The highest BCUT2D eigenvalue weighted by atomic mass is 16.5. The topological polar surface area (TPSA) is 64.6 Å². The lowest BCUT2D eigenvalue weighted by atomic mass is 9.89. The fourth-order valence-electron chi connectivity index (χ4n) is 4.85. The maximum absolute atomic E-state index is 6.58. The van der Waals surface area contributed by atoms with Gasteiger partial charge in [0.2, 0.25) is 11.5 Å². The van der Waals surface area contributed by atoms with Crippen LogP contribution in [0, 0.1) is 5.92 Å². The van der Waals surface area contributed by atoms with Gasteiger partial charge in [0.15, 0.2) is 23.0 Å². The molecule has 0 saturated heterocycles. The van der Waals surface area contributed by atoms with Crippen LogP contribution >= 0.6 is 0 Å². The van der Waals surface area contributed by atoms with Crippen LogP contribution in [0.5, 0.6) is 34.5 Å². The van der Waals surface area contributed by atoms with Crippen molar-refractivity contribution in [2.24, 2.45) is 5.92 Å². The second-order valence-electron chi connectivity index (χ2n) is 8.90. The standard InChI is InChI=1S/C27H38O7/c1-16(2)15-34-25-19(17-11-21(28-3)26(32-7)22(12-17)29-4)9-10-20(25)18-13-23(30-5)27(33-8)24(14-18)31-6/h11-14,16,19-20,25H,9-10,15H2,1-8H3/t19-,20+,25?. The molecule has 0 aliphatic heterocycles. The molecule has 3 atom stereocenters. The van der Waals surface area contributed by atoms with Crippen molar-refractivity contribution in [3.8, 4) is 34.5 Å². The summed E-state index contributed by atoms with van der Waals surface area (Å²) in [7, 11) is 9.79. The summed E-state index contributed by atoms with van der Waals surface area (Å²) in [5, 5.41) is 0. The van der Waals surface area contributed by atoms with E-state index in [1.165, 1.54) is 0 Å². The zero-order chi connectivity index (χ0) is 24.8. The Hall–Kier alpha value is -2.80. The summed E-state index contributed by atoms with van der Waals surface area (Å²) in [5.74, 6) is 4.52. The Balaban J connectivity index is 2.06. The van der Waals surface area contributed by atoms with Gasteiger partial charge in [-0.3, -0.25) is 0 Å². The number of hydrogen-bond acceptors (Lipinski definition) is 7. The lowest BCUT2D eigenvalue weighted by Crippen LogP contribution is -2.25. The third kappa shape index (κ3) is 5.14. The van der Waals surface area contributed by atoms with Gasteiger partial charge in [-0.05, 0) is 54.2 Å². The van der Waals surface area contributed by atoms with Crippen molar-refractivity contribution < 1.29 is 33.2 Å². The molecule has 0 N–H and O–H groups in total. The molecular weight excluding hydrogens is 436 g/mol. The molecule has 7 heteroatoms. The minimum atomic E-state index is -0.0342. The summed E-state index contributed by atoms with van der Waals surface area (Å²) in [5.41, 5.74) is 2.22. The molecule has 0 bridgehead atoms. The molecule has 1 aliphatic carbocycles. The Kier molecular flexibility index (Phi) is 8.78. The highest BCUT2D eigenvalue weighted by Gasteiger charge is 2.40. The Morgan fingerprint density at radius 2 is 0.971 bits per heavy atom. The zero-order valence-corrected chi connectivity index (χ0v) is 21.6. The van der Waals surface area contributed by atoms with Crippen molar-refractivity contribution in [3.05, 3.63) is 35.4 Å². The maximum atomic E-state index is 6.58. The molecule has 0 radical (unpaired) electrons. The number of hydrogen-bond donors (Lipinski definition) is 0. The fraction of sp³-hybridized carbons (Fsp3) is 0.556. The molecule has 0 aromatic heterocycles. The molecule has 0 amide bonds. The first-order chi connectivity index (χ1) is 16.4. The number of rotatable bonds is 11.